The highest BCUT2D eigenvalue weighted by atomic mass is 16.5. The largest absolute Gasteiger partial charge is 0.505 e. The molecule has 0 aliphatic rings. The molecule has 0 saturated carbocycles. The van der Waals surface area contributed by atoms with Crippen molar-refractivity contribution in [2.75, 3.05) is 7.11 Å². The van der Waals surface area contributed by atoms with E-state index in [4.69, 9.17) is 9.84 Å². The van der Waals surface area contributed by atoms with E-state index in [1.807, 2.05) is 30.3 Å². The number of allylic oxidation sites excluding steroid dienone is 1. The zero-order valence-corrected chi connectivity index (χ0v) is 9.35. The zero-order chi connectivity index (χ0) is 11.8. The number of aliphatic carboxylic acids is 1. The summed E-state index contributed by atoms with van der Waals surface area (Å²) in [6.07, 6.45) is 5.58. The first-order chi connectivity index (χ1) is 7.72. The first-order valence-electron chi connectivity index (χ1n) is 5.20. The zero-order valence-electron chi connectivity index (χ0n) is 9.35. The van der Waals surface area contributed by atoms with Crippen molar-refractivity contribution < 1.29 is 14.6 Å². The van der Waals surface area contributed by atoms with Crippen LogP contribution >= 0.6 is 0 Å². The van der Waals surface area contributed by atoms with Crippen LogP contribution in [-0.2, 0) is 22.4 Å². The maximum atomic E-state index is 10.5. The molecule has 0 aliphatic heterocycles. The van der Waals surface area contributed by atoms with Crippen LogP contribution in [-0.4, -0.2) is 18.2 Å². The Morgan fingerprint density at radius 3 is 2.50 bits per heavy atom. The maximum Gasteiger partial charge on any atom is 0.307 e. The third-order valence-electron chi connectivity index (χ3n) is 2.21. The topological polar surface area (TPSA) is 46.5 Å². The molecule has 1 aromatic carbocycles. The van der Waals surface area contributed by atoms with Crippen LogP contribution in [0.2, 0.25) is 0 Å². The fourth-order valence-corrected chi connectivity index (χ4v) is 1.41. The lowest BCUT2D eigenvalue weighted by Gasteiger charge is -2.00. The Labute approximate surface area is 95.4 Å². The number of carboxylic acid groups (broad SMARTS) is 1. The van der Waals surface area contributed by atoms with Crippen molar-refractivity contribution in [3.05, 3.63) is 47.7 Å². The van der Waals surface area contributed by atoms with Gasteiger partial charge in [-0.25, -0.2) is 0 Å². The monoisotopic (exact) mass is 220 g/mol. The van der Waals surface area contributed by atoms with Crippen LogP contribution in [0.4, 0.5) is 0 Å². The van der Waals surface area contributed by atoms with Gasteiger partial charge in [0, 0.05) is 0 Å². The van der Waals surface area contributed by atoms with Crippen LogP contribution in [0.5, 0.6) is 0 Å². The lowest BCUT2D eigenvalue weighted by molar-refractivity contribution is -0.136. The van der Waals surface area contributed by atoms with Gasteiger partial charge < -0.3 is 9.84 Å². The van der Waals surface area contributed by atoms with Gasteiger partial charge in [0.05, 0.1) is 19.8 Å². The smallest absolute Gasteiger partial charge is 0.307 e. The van der Waals surface area contributed by atoms with E-state index >= 15 is 0 Å². The quantitative estimate of drug-likeness (QED) is 0.749. The number of rotatable bonds is 6. The van der Waals surface area contributed by atoms with E-state index in [9.17, 15) is 4.79 Å². The van der Waals surface area contributed by atoms with Crippen molar-refractivity contribution in [3.8, 4) is 0 Å². The molecule has 3 heteroatoms. The third-order valence-corrected chi connectivity index (χ3v) is 2.21. The van der Waals surface area contributed by atoms with E-state index in [1.165, 1.54) is 5.56 Å². The molecule has 86 valence electrons. The average Bonchev–Trinajstić information content (AvgIpc) is 2.26. The Hall–Kier alpha value is -1.77. The molecule has 0 heterocycles. The molecule has 0 saturated heterocycles. The lowest BCUT2D eigenvalue weighted by atomic mass is 10.1. The van der Waals surface area contributed by atoms with Gasteiger partial charge in [0.25, 0.3) is 0 Å². The van der Waals surface area contributed by atoms with Crippen LogP contribution in [0, 0.1) is 0 Å². The van der Waals surface area contributed by atoms with Crippen LogP contribution < -0.4 is 0 Å². The molecule has 0 amide bonds. The summed E-state index contributed by atoms with van der Waals surface area (Å²) in [4.78, 5) is 10.5. The molecule has 16 heavy (non-hydrogen) atoms. The standard InChI is InChI=1S/C13H16O3/c1-16-9-3-2-4-11-5-7-12(8-6-11)10-13(14)15/h3,5-9H,2,4,10H2,1H3,(H,14,15). The van der Waals surface area contributed by atoms with Crippen molar-refractivity contribution in [2.24, 2.45) is 0 Å². The van der Waals surface area contributed by atoms with Crippen molar-refractivity contribution in [1.82, 2.24) is 0 Å². The van der Waals surface area contributed by atoms with Gasteiger partial charge in [-0.2, -0.15) is 0 Å². The molecule has 1 N–H and O–H groups in total. The van der Waals surface area contributed by atoms with Gasteiger partial charge in [-0.15, -0.1) is 0 Å². The lowest BCUT2D eigenvalue weighted by Crippen LogP contribution is -1.99. The SMILES string of the molecule is COC=CCCc1ccc(CC(=O)O)cc1. The minimum atomic E-state index is -0.796. The van der Waals surface area contributed by atoms with Crippen LogP contribution in [0.15, 0.2) is 36.6 Å². The molecule has 0 fully saturated rings. The third kappa shape index (κ3) is 4.64. The molecule has 0 atom stereocenters. The highest BCUT2D eigenvalue weighted by Gasteiger charge is 1.99. The van der Waals surface area contributed by atoms with Gasteiger partial charge in [-0.05, 0) is 30.0 Å². The highest BCUT2D eigenvalue weighted by molar-refractivity contribution is 5.70. The first-order valence-corrected chi connectivity index (χ1v) is 5.20. The van der Waals surface area contributed by atoms with Crippen molar-refractivity contribution in [1.29, 1.82) is 0 Å². The summed E-state index contributed by atoms with van der Waals surface area (Å²) in [5.41, 5.74) is 2.04. The Bertz CT molecular complexity index is 352. The van der Waals surface area contributed by atoms with Crippen molar-refractivity contribution >= 4 is 5.97 Å². The fourth-order valence-electron chi connectivity index (χ4n) is 1.41. The molecule has 0 spiro atoms. The van der Waals surface area contributed by atoms with Gasteiger partial charge in [-0.3, -0.25) is 4.79 Å². The number of carboxylic acids is 1. The minimum absolute atomic E-state index is 0.0872. The summed E-state index contributed by atoms with van der Waals surface area (Å²) < 4.78 is 4.80. The van der Waals surface area contributed by atoms with E-state index in [0.29, 0.717) is 0 Å². The molecule has 3 nitrogen and oxygen atoms in total. The van der Waals surface area contributed by atoms with Gasteiger partial charge in [0.2, 0.25) is 0 Å². The molecule has 0 radical (unpaired) electrons. The summed E-state index contributed by atoms with van der Waals surface area (Å²) in [6.45, 7) is 0. The molecule has 0 bridgehead atoms. The molecular weight excluding hydrogens is 204 g/mol. The second-order valence-corrected chi connectivity index (χ2v) is 3.53. The fraction of sp³-hybridized carbons (Fsp3) is 0.308. The van der Waals surface area contributed by atoms with Crippen molar-refractivity contribution in [2.45, 2.75) is 19.3 Å². The first kappa shape index (κ1) is 12.3. The van der Waals surface area contributed by atoms with E-state index in [2.05, 4.69) is 0 Å². The van der Waals surface area contributed by atoms with Crippen LogP contribution in [0.25, 0.3) is 0 Å². The Kier molecular flexibility index (Phi) is 5.12. The van der Waals surface area contributed by atoms with E-state index in [-0.39, 0.29) is 6.42 Å². The normalized spacial score (nSPS) is 10.6. The number of hydrogen-bond donors (Lipinski definition) is 1. The summed E-state index contributed by atoms with van der Waals surface area (Å²) >= 11 is 0. The molecular formula is C13H16O3. The van der Waals surface area contributed by atoms with Crippen LogP contribution in [0.3, 0.4) is 0 Å². The number of benzene rings is 1. The molecule has 1 rings (SSSR count). The van der Waals surface area contributed by atoms with E-state index in [1.54, 1.807) is 13.4 Å². The van der Waals surface area contributed by atoms with E-state index < -0.39 is 5.97 Å². The second kappa shape index (κ2) is 6.67. The number of ether oxygens (including phenoxy) is 1. The van der Waals surface area contributed by atoms with Gasteiger partial charge in [-0.1, -0.05) is 24.3 Å². The summed E-state index contributed by atoms with van der Waals surface area (Å²) in [6, 6.07) is 7.67. The second-order valence-electron chi connectivity index (χ2n) is 3.53. The number of methoxy groups -OCH3 is 1. The molecule has 1 aromatic rings. The minimum Gasteiger partial charge on any atom is -0.505 e. The molecule has 0 aliphatic carbocycles. The summed E-state index contributed by atoms with van der Waals surface area (Å²) in [5.74, 6) is -0.796. The number of carbonyl (C=O) groups is 1. The molecule has 0 unspecified atom stereocenters. The predicted octanol–water partition coefficient (Wildman–Crippen LogP) is 2.41. The van der Waals surface area contributed by atoms with E-state index in [0.717, 1.165) is 18.4 Å². The Balaban J connectivity index is 2.45. The summed E-state index contributed by atoms with van der Waals surface area (Å²) in [5, 5.41) is 8.61. The predicted molar refractivity (Wildman–Crippen MR) is 62.3 cm³/mol. The maximum absolute atomic E-state index is 10.5. The average molecular weight is 220 g/mol. The van der Waals surface area contributed by atoms with Gasteiger partial charge >= 0.3 is 5.97 Å². The molecule has 0 aromatic heterocycles. The Morgan fingerprint density at radius 1 is 1.31 bits per heavy atom. The Morgan fingerprint density at radius 2 is 1.94 bits per heavy atom. The van der Waals surface area contributed by atoms with Gasteiger partial charge in [0.1, 0.15) is 0 Å². The van der Waals surface area contributed by atoms with Crippen molar-refractivity contribution in [3.63, 3.8) is 0 Å². The van der Waals surface area contributed by atoms with Gasteiger partial charge in [0.15, 0.2) is 0 Å². The number of aryl methyl sites for hydroxylation is 1. The van der Waals surface area contributed by atoms with Crippen LogP contribution in [0.1, 0.15) is 17.5 Å². The summed E-state index contributed by atoms with van der Waals surface area (Å²) in [7, 11) is 1.62. The highest BCUT2D eigenvalue weighted by Crippen LogP contribution is 2.07. The number of hydrogen-bond acceptors (Lipinski definition) is 2.